The minimum absolute atomic E-state index is 0. The summed E-state index contributed by atoms with van der Waals surface area (Å²) < 4.78 is 10.2. The molecule has 0 fully saturated rings. The van der Waals surface area contributed by atoms with E-state index in [0.29, 0.717) is 0 Å². The van der Waals surface area contributed by atoms with Crippen LogP contribution in [0.15, 0.2) is 0 Å². The third kappa shape index (κ3) is 13.3. The van der Waals surface area contributed by atoms with Gasteiger partial charge in [0.25, 0.3) is 0 Å². The summed E-state index contributed by atoms with van der Waals surface area (Å²) in [6.45, 7) is 11.0. The van der Waals surface area contributed by atoms with Crippen molar-refractivity contribution in [2.75, 3.05) is 0 Å². The van der Waals surface area contributed by atoms with Crippen LogP contribution in [0.4, 0.5) is 0 Å². The number of hydrogen-bond acceptors (Lipinski definition) is 3. The fraction of sp³-hybridized carbons (Fsp3) is 1.00. The van der Waals surface area contributed by atoms with E-state index < -0.39 is 19.8 Å². The van der Waals surface area contributed by atoms with Gasteiger partial charge in [0.1, 0.15) is 0 Å². The molecule has 0 amide bonds. The van der Waals surface area contributed by atoms with Gasteiger partial charge in [0.05, 0.1) is 19.8 Å². The van der Waals surface area contributed by atoms with E-state index in [1.807, 2.05) is 41.5 Å². The molecule has 0 atom stereocenters. The summed E-state index contributed by atoms with van der Waals surface area (Å²) in [6.07, 6.45) is 0. The zero-order valence-electron chi connectivity index (χ0n) is 9.67. The van der Waals surface area contributed by atoms with E-state index in [4.69, 9.17) is 9.05 Å². The second-order valence-electron chi connectivity index (χ2n) is 4.63. The molecule has 3 nitrogen and oxygen atoms in total. The molecule has 0 aromatic heterocycles. The van der Waals surface area contributed by atoms with Crippen LogP contribution in [0.5, 0.6) is 0 Å². The Kier molecular flexibility index (Phi) is 7.74. The molecule has 13 heavy (non-hydrogen) atoms. The van der Waals surface area contributed by atoms with Crippen LogP contribution in [0, 0.1) is 0 Å². The van der Waals surface area contributed by atoms with Crippen molar-refractivity contribution < 1.29 is 43.5 Å². The van der Waals surface area contributed by atoms with Crippen molar-refractivity contribution in [3.05, 3.63) is 0 Å². The third-order valence-corrected chi connectivity index (χ3v) is 2.09. The zero-order chi connectivity index (χ0) is 9.99. The Morgan fingerprint density at radius 3 is 1.23 bits per heavy atom. The Morgan fingerprint density at radius 1 is 0.846 bits per heavy atom. The van der Waals surface area contributed by atoms with E-state index in [1.165, 1.54) is 0 Å². The normalized spacial score (nSPS) is 12.9. The van der Waals surface area contributed by atoms with Gasteiger partial charge in [-0.3, -0.25) is 0 Å². The van der Waals surface area contributed by atoms with Crippen LogP contribution < -0.4 is 34.5 Å². The van der Waals surface area contributed by atoms with Crippen LogP contribution in [0.25, 0.3) is 0 Å². The van der Waals surface area contributed by atoms with E-state index in [1.54, 1.807) is 0 Å². The Morgan fingerprint density at radius 2 is 1.08 bits per heavy atom. The maximum absolute atomic E-state index is 11.2. The van der Waals surface area contributed by atoms with Crippen LogP contribution in [0.1, 0.15) is 41.5 Å². The molecule has 0 aromatic rings. The number of rotatable bonds is 2. The van der Waals surface area contributed by atoms with E-state index in [-0.39, 0.29) is 29.6 Å². The maximum Gasteiger partial charge on any atom is 1.00 e. The summed E-state index contributed by atoms with van der Waals surface area (Å²) >= 11 is 0. The molecule has 0 saturated heterocycles. The van der Waals surface area contributed by atoms with Crippen molar-refractivity contribution in [2.45, 2.75) is 52.7 Å². The van der Waals surface area contributed by atoms with Crippen molar-refractivity contribution in [1.82, 2.24) is 0 Å². The van der Waals surface area contributed by atoms with Crippen LogP contribution in [-0.2, 0) is 9.05 Å². The van der Waals surface area contributed by atoms with Crippen LogP contribution in [-0.4, -0.2) is 11.2 Å². The van der Waals surface area contributed by atoms with E-state index in [0.717, 1.165) is 0 Å². The van der Waals surface area contributed by atoms with Crippen molar-refractivity contribution in [1.29, 1.82) is 0 Å². The van der Waals surface area contributed by atoms with Gasteiger partial charge in [0.2, 0.25) is 0 Å². The molecule has 0 aromatic carbocycles. The molecule has 5 heteroatoms. The molecule has 0 N–H and O–H groups in total. The van der Waals surface area contributed by atoms with Gasteiger partial charge in [-0.05, 0) is 41.5 Å². The third-order valence-electron chi connectivity index (χ3n) is 0.697. The topological polar surface area (TPSA) is 41.5 Å². The summed E-state index contributed by atoms with van der Waals surface area (Å²) in [5.74, 6) is 0. The van der Waals surface area contributed by atoms with E-state index in [9.17, 15) is 4.89 Å². The molecule has 0 bridgehead atoms. The first-order valence-electron chi connectivity index (χ1n) is 3.96. The Labute approximate surface area is 104 Å². The summed E-state index contributed by atoms with van der Waals surface area (Å²) in [4.78, 5) is 11.2. The molecule has 0 aliphatic carbocycles. The van der Waals surface area contributed by atoms with Gasteiger partial charge in [-0.2, -0.15) is 0 Å². The minimum atomic E-state index is -2.01. The van der Waals surface area contributed by atoms with Gasteiger partial charge in [0, 0.05) is 0 Å². The molecular formula is C8H18NaO3P. The first-order valence-corrected chi connectivity index (χ1v) is 5.05. The van der Waals surface area contributed by atoms with Crippen molar-refractivity contribution in [2.24, 2.45) is 0 Å². The molecule has 0 radical (unpaired) electrons. The van der Waals surface area contributed by atoms with Crippen molar-refractivity contribution in [3.63, 3.8) is 0 Å². The second-order valence-corrected chi connectivity index (χ2v) is 5.44. The Hall–Kier alpha value is 1.31. The fourth-order valence-corrected chi connectivity index (χ4v) is 1.40. The van der Waals surface area contributed by atoms with Gasteiger partial charge < -0.3 is 13.9 Å². The van der Waals surface area contributed by atoms with Gasteiger partial charge in [-0.1, -0.05) is 0 Å². The van der Waals surface area contributed by atoms with Gasteiger partial charge >= 0.3 is 29.6 Å². The predicted octanol–water partition coefficient (Wildman–Crippen LogP) is -0.792. The molecule has 0 aliphatic heterocycles. The molecule has 0 spiro atoms. The molecule has 0 rings (SSSR count). The summed E-state index contributed by atoms with van der Waals surface area (Å²) in [6, 6.07) is 0. The van der Waals surface area contributed by atoms with Gasteiger partial charge in [-0.25, -0.2) is 0 Å². The van der Waals surface area contributed by atoms with E-state index in [2.05, 4.69) is 0 Å². The smallest absolute Gasteiger partial charge is 0.786 e. The summed E-state index contributed by atoms with van der Waals surface area (Å²) in [7, 11) is -2.01. The Bertz CT molecular complexity index is 123. The quantitative estimate of drug-likeness (QED) is 0.448. The predicted molar refractivity (Wildman–Crippen MR) is 48.6 cm³/mol. The average Bonchev–Trinajstić information content (AvgIpc) is 1.49. The minimum Gasteiger partial charge on any atom is -0.786 e. The first-order chi connectivity index (χ1) is 5.10. The van der Waals surface area contributed by atoms with Crippen LogP contribution in [0.2, 0.25) is 0 Å². The van der Waals surface area contributed by atoms with E-state index >= 15 is 0 Å². The van der Waals surface area contributed by atoms with Crippen LogP contribution in [0.3, 0.4) is 0 Å². The standard InChI is InChI=1S/C8H18O3P.Na/c1-7(2,3)10-12(9)11-8(4,5)6;/h1-6H3;/q-1;+1. The van der Waals surface area contributed by atoms with Crippen LogP contribution >= 0.6 is 8.60 Å². The largest absolute Gasteiger partial charge is 1.00 e. The summed E-state index contributed by atoms with van der Waals surface area (Å²) in [5.41, 5.74) is -0.836. The van der Waals surface area contributed by atoms with Crippen molar-refractivity contribution in [3.8, 4) is 0 Å². The maximum atomic E-state index is 11.2. The average molecular weight is 216 g/mol. The molecule has 0 heterocycles. The first kappa shape index (κ1) is 16.7. The van der Waals surface area contributed by atoms with Gasteiger partial charge in [0.15, 0.2) is 0 Å². The SMILES string of the molecule is CC(C)(C)OP([O-])OC(C)(C)C.[Na+]. The Balaban J connectivity index is 0. The molecular weight excluding hydrogens is 198 g/mol. The zero-order valence-corrected chi connectivity index (χ0v) is 12.6. The molecule has 0 saturated carbocycles. The fourth-order valence-electron chi connectivity index (χ4n) is 0.466. The molecule has 74 valence electrons. The monoisotopic (exact) mass is 216 g/mol. The number of hydrogen-bond donors (Lipinski definition) is 0. The van der Waals surface area contributed by atoms with Crippen molar-refractivity contribution >= 4 is 8.60 Å². The molecule has 0 aliphatic rings. The second kappa shape index (κ2) is 6.02. The summed E-state index contributed by atoms with van der Waals surface area (Å²) in [5, 5.41) is 0. The van der Waals surface area contributed by atoms with Gasteiger partial charge in [-0.15, -0.1) is 0 Å². The molecule has 0 unspecified atom stereocenters.